The van der Waals surface area contributed by atoms with Crippen LogP contribution in [0.1, 0.15) is 19.0 Å². The maximum absolute atomic E-state index is 13.3. The number of pyridine rings is 3. The SMILES string of the molecule is CCCOCCn1c(=O)c(NCCc2ccccn2)nc2cnc(-c3ccc(OC)nc3)cc21. The Bertz CT molecular complexity index is 1280. The molecular formula is C25H28N6O3. The van der Waals surface area contributed by atoms with Crippen molar-refractivity contribution in [3.8, 4) is 17.1 Å². The summed E-state index contributed by atoms with van der Waals surface area (Å²) in [5.41, 5.74) is 3.59. The van der Waals surface area contributed by atoms with Gasteiger partial charge in [-0.2, -0.15) is 0 Å². The van der Waals surface area contributed by atoms with Gasteiger partial charge in [0.1, 0.15) is 5.52 Å². The Balaban J connectivity index is 1.65. The normalized spacial score (nSPS) is 11.0. The summed E-state index contributed by atoms with van der Waals surface area (Å²) in [6.45, 7) is 4.09. The average Bonchev–Trinajstić information content (AvgIpc) is 2.88. The number of methoxy groups -OCH3 is 1. The van der Waals surface area contributed by atoms with Crippen LogP contribution in [0.4, 0.5) is 5.82 Å². The lowest BCUT2D eigenvalue weighted by Gasteiger charge is -2.14. The molecule has 0 aliphatic carbocycles. The van der Waals surface area contributed by atoms with Crippen LogP contribution in [0, 0.1) is 0 Å². The molecule has 9 nitrogen and oxygen atoms in total. The predicted octanol–water partition coefficient (Wildman–Crippen LogP) is 3.34. The fourth-order valence-electron chi connectivity index (χ4n) is 3.55. The number of hydrogen-bond acceptors (Lipinski definition) is 8. The van der Waals surface area contributed by atoms with Crippen molar-refractivity contribution >= 4 is 16.9 Å². The molecule has 0 aliphatic rings. The highest BCUT2D eigenvalue weighted by Gasteiger charge is 2.13. The van der Waals surface area contributed by atoms with Crippen molar-refractivity contribution < 1.29 is 9.47 Å². The molecule has 0 bridgehead atoms. The van der Waals surface area contributed by atoms with Gasteiger partial charge >= 0.3 is 0 Å². The summed E-state index contributed by atoms with van der Waals surface area (Å²) in [5, 5.41) is 3.18. The third kappa shape index (κ3) is 5.55. The van der Waals surface area contributed by atoms with E-state index in [-0.39, 0.29) is 5.56 Å². The molecule has 0 spiro atoms. The van der Waals surface area contributed by atoms with E-state index < -0.39 is 0 Å². The largest absolute Gasteiger partial charge is 0.481 e. The van der Waals surface area contributed by atoms with Gasteiger partial charge in [-0.3, -0.25) is 14.8 Å². The standard InChI is InChI=1S/C25H28N6O3/c1-3-13-34-14-12-31-22-15-20(18-7-8-23(33-2)29-16-18)28-17-21(22)30-24(25(31)32)27-11-9-19-6-4-5-10-26-19/h4-8,10,15-17H,3,9,11-14H2,1-2H3,(H,27,30). The molecule has 1 N–H and O–H groups in total. The Kier molecular flexibility index (Phi) is 7.77. The lowest BCUT2D eigenvalue weighted by atomic mass is 10.2. The van der Waals surface area contributed by atoms with Gasteiger partial charge in [0.05, 0.1) is 31.1 Å². The first-order valence-electron chi connectivity index (χ1n) is 11.3. The molecule has 4 aromatic rings. The van der Waals surface area contributed by atoms with Crippen LogP contribution in [-0.4, -0.2) is 51.4 Å². The minimum atomic E-state index is -0.196. The molecule has 34 heavy (non-hydrogen) atoms. The topological polar surface area (TPSA) is 104 Å². The fourth-order valence-corrected chi connectivity index (χ4v) is 3.55. The second kappa shape index (κ2) is 11.3. The monoisotopic (exact) mass is 460 g/mol. The Morgan fingerprint density at radius 1 is 1.06 bits per heavy atom. The van der Waals surface area contributed by atoms with Crippen LogP contribution in [0.5, 0.6) is 5.88 Å². The van der Waals surface area contributed by atoms with Crippen LogP contribution < -0.4 is 15.6 Å². The molecule has 0 radical (unpaired) electrons. The van der Waals surface area contributed by atoms with Crippen molar-refractivity contribution in [1.82, 2.24) is 24.5 Å². The van der Waals surface area contributed by atoms with E-state index in [0.717, 1.165) is 17.7 Å². The molecule has 0 atom stereocenters. The number of aromatic nitrogens is 5. The number of hydrogen-bond donors (Lipinski definition) is 1. The number of fused-ring (bicyclic) bond motifs is 1. The Hall–Kier alpha value is -3.85. The maximum Gasteiger partial charge on any atom is 0.293 e. The van der Waals surface area contributed by atoms with E-state index in [1.54, 1.807) is 36.3 Å². The molecule has 4 rings (SSSR count). The number of anilines is 1. The lowest BCUT2D eigenvalue weighted by molar-refractivity contribution is 0.127. The minimum Gasteiger partial charge on any atom is -0.481 e. The van der Waals surface area contributed by atoms with Crippen LogP contribution in [0.2, 0.25) is 0 Å². The van der Waals surface area contributed by atoms with Gasteiger partial charge in [-0.05, 0) is 30.7 Å². The Labute approximate surface area is 197 Å². The van der Waals surface area contributed by atoms with E-state index in [9.17, 15) is 4.79 Å². The quantitative estimate of drug-likeness (QED) is 0.340. The van der Waals surface area contributed by atoms with Gasteiger partial charge in [0.2, 0.25) is 5.88 Å². The first-order chi connectivity index (χ1) is 16.7. The molecule has 0 aliphatic heterocycles. The van der Waals surface area contributed by atoms with Crippen molar-refractivity contribution in [2.75, 3.05) is 32.2 Å². The highest BCUT2D eigenvalue weighted by atomic mass is 16.5. The summed E-state index contributed by atoms with van der Waals surface area (Å²) in [7, 11) is 1.57. The van der Waals surface area contributed by atoms with Gasteiger partial charge in [0, 0.05) is 55.8 Å². The van der Waals surface area contributed by atoms with Crippen molar-refractivity contribution in [2.24, 2.45) is 0 Å². The number of nitrogens with one attached hydrogen (secondary N) is 1. The van der Waals surface area contributed by atoms with Crippen LogP contribution in [0.3, 0.4) is 0 Å². The van der Waals surface area contributed by atoms with Crippen molar-refractivity contribution in [3.63, 3.8) is 0 Å². The zero-order valence-corrected chi connectivity index (χ0v) is 19.4. The summed E-state index contributed by atoms with van der Waals surface area (Å²) in [6, 6.07) is 11.3. The molecule has 4 heterocycles. The average molecular weight is 461 g/mol. The van der Waals surface area contributed by atoms with Gasteiger partial charge in [0.15, 0.2) is 5.82 Å². The zero-order valence-electron chi connectivity index (χ0n) is 19.4. The van der Waals surface area contributed by atoms with E-state index in [2.05, 4.69) is 32.2 Å². The number of nitrogens with zero attached hydrogens (tertiary/aromatic N) is 5. The summed E-state index contributed by atoms with van der Waals surface area (Å²) >= 11 is 0. The highest BCUT2D eigenvalue weighted by molar-refractivity contribution is 5.80. The Morgan fingerprint density at radius 2 is 1.97 bits per heavy atom. The smallest absolute Gasteiger partial charge is 0.293 e. The molecule has 0 saturated heterocycles. The summed E-state index contributed by atoms with van der Waals surface area (Å²) in [4.78, 5) is 31.0. The number of rotatable bonds is 11. The second-order valence-electron chi connectivity index (χ2n) is 7.67. The zero-order chi connectivity index (χ0) is 23.8. The van der Waals surface area contributed by atoms with Gasteiger partial charge < -0.3 is 19.4 Å². The molecule has 0 aromatic carbocycles. The van der Waals surface area contributed by atoms with Crippen LogP contribution in [-0.2, 0) is 17.7 Å². The van der Waals surface area contributed by atoms with Crippen molar-refractivity contribution in [1.29, 1.82) is 0 Å². The summed E-state index contributed by atoms with van der Waals surface area (Å²) < 4.78 is 12.5. The lowest BCUT2D eigenvalue weighted by Crippen LogP contribution is -2.28. The molecule has 9 heteroatoms. The van der Waals surface area contributed by atoms with Crippen molar-refractivity contribution in [2.45, 2.75) is 26.3 Å². The van der Waals surface area contributed by atoms with Gasteiger partial charge in [-0.25, -0.2) is 9.97 Å². The fraction of sp³-hybridized carbons (Fsp3) is 0.320. The van der Waals surface area contributed by atoms with E-state index in [0.29, 0.717) is 61.1 Å². The van der Waals surface area contributed by atoms with E-state index in [1.165, 1.54) is 0 Å². The maximum atomic E-state index is 13.3. The molecule has 4 aromatic heterocycles. The summed E-state index contributed by atoms with van der Waals surface area (Å²) in [6.07, 6.45) is 6.74. The molecular weight excluding hydrogens is 432 g/mol. The molecule has 0 saturated carbocycles. The van der Waals surface area contributed by atoms with Gasteiger partial charge in [-0.1, -0.05) is 13.0 Å². The van der Waals surface area contributed by atoms with E-state index >= 15 is 0 Å². The molecule has 0 fully saturated rings. The van der Waals surface area contributed by atoms with Gasteiger partial charge in [0.25, 0.3) is 5.56 Å². The number of ether oxygens (including phenoxy) is 2. The van der Waals surface area contributed by atoms with Gasteiger partial charge in [-0.15, -0.1) is 0 Å². The third-order valence-corrected chi connectivity index (χ3v) is 5.28. The first kappa shape index (κ1) is 23.3. The van der Waals surface area contributed by atoms with E-state index in [4.69, 9.17) is 9.47 Å². The van der Waals surface area contributed by atoms with Crippen LogP contribution in [0.25, 0.3) is 22.3 Å². The minimum absolute atomic E-state index is 0.196. The third-order valence-electron chi connectivity index (χ3n) is 5.28. The van der Waals surface area contributed by atoms with E-state index in [1.807, 2.05) is 30.3 Å². The molecule has 0 unspecified atom stereocenters. The van der Waals surface area contributed by atoms with Crippen LogP contribution in [0.15, 0.2) is 59.8 Å². The van der Waals surface area contributed by atoms with Crippen LogP contribution >= 0.6 is 0 Å². The predicted molar refractivity (Wildman–Crippen MR) is 131 cm³/mol. The Morgan fingerprint density at radius 3 is 2.71 bits per heavy atom. The molecule has 176 valence electrons. The second-order valence-corrected chi connectivity index (χ2v) is 7.67. The van der Waals surface area contributed by atoms with Crippen molar-refractivity contribution in [3.05, 3.63) is 71.0 Å². The molecule has 0 amide bonds. The highest BCUT2D eigenvalue weighted by Crippen LogP contribution is 2.22. The first-order valence-corrected chi connectivity index (χ1v) is 11.3. The summed E-state index contributed by atoms with van der Waals surface area (Å²) in [5.74, 6) is 0.817.